The lowest BCUT2D eigenvalue weighted by atomic mass is 9.92. The normalized spacial score (nSPS) is 13.5. The van der Waals surface area contributed by atoms with Gasteiger partial charge in [-0.25, -0.2) is 14.4 Å². The fourth-order valence-electron chi connectivity index (χ4n) is 1.55. The lowest BCUT2D eigenvalue weighted by Gasteiger charge is -2.30. The highest BCUT2D eigenvalue weighted by Gasteiger charge is 2.34. The van der Waals surface area contributed by atoms with E-state index in [2.05, 4.69) is 29.5 Å². The molecule has 0 saturated heterocycles. The third-order valence-electron chi connectivity index (χ3n) is 3.17. The lowest BCUT2D eigenvalue weighted by Crippen LogP contribution is -2.42. The zero-order chi connectivity index (χ0) is 21.6. The van der Waals surface area contributed by atoms with E-state index in [0.29, 0.717) is 0 Å². The number of aliphatic hydroxyl groups excluding tert-OH is 2. The van der Waals surface area contributed by atoms with Gasteiger partial charge in [-0.1, -0.05) is 19.7 Å². The summed E-state index contributed by atoms with van der Waals surface area (Å²) in [6, 6.07) is 0. The molecule has 0 aromatic rings. The first-order chi connectivity index (χ1) is 13.2. The molecule has 0 saturated carbocycles. The Morgan fingerprint density at radius 1 is 1.04 bits per heavy atom. The summed E-state index contributed by atoms with van der Waals surface area (Å²) in [5.74, 6) is -2.25. The number of rotatable bonds is 15. The van der Waals surface area contributed by atoms with Gasteiger partial charge in [-0.15, -0.1) is 0 Å². The molecule has 0 fully saturated rings. The molecule has 2 atom stereocenters. The quantitative estimate of drug-likeness (QED) is 0.165. The second-order valence-electron chi connectivity index (χ2n) is 5.89. The SMILES string of the molecule is C=CC(=O)OCC(CO)(COCC(O)COOC(=O)C=C)COC(=O)C(=C)C. The molecule has 0 aliphatic heterocycles. The van der Waals surface area contributed by atoms with Crippen LogP contribution >= 0.6 is 0 Å². The van der Waals surface area contributed by atoms with E-state index in [4.69, 9.17) is 14.2 Å². The first kappa shape index (κ1) is 25.5. The Labute approximate surface area is 162 Å². The van der Waals surface area contributed by atoms with Crippen molar-refractivity contribution in [2.45, 2.75) is 13.0 Å². The molecule has 0 aliphatic carbocycles. The maximum Gasteiger partial charge on any atom is 0.365 e. The Bertz CT molecular complexity index is 571. The van der Waals surface area contributed by atoms with Gasteiger partial charge in [0, 0.05) is 17.7 Å². The van der Waals surface area contributed by atoms with E-state index < -0.39 is 36.0 Å². The Balaban J connectivity index is 4.71. The topological polar surface area (TPSA) is 138 Å². The second kappa shape index (κ2) is 13.6. The van der Waals surface area contributed by atoms with Crippen LogP contribution in [0.1, 0.15) is 6.92 Å². The summed E-state index contributed by atoms with van der Waals surface area (Å²) in [4.78, 5) is 42.5. The van der Waals surface area contributed by atoms with Crippen LogP contribution in [-0.2, 0) is 38.4 Å². The molecule has 0 spiro atoms. The molecule has 0 bridgehead atoms. The Hall–Kier alpha value is -2.53. The van der Waals surface area contributed by atoms with Gasteiger partial charge < -0.3 is 24.4 Å². The number of hydrogen-bond acceptors (Lipinski definition) is 10. The molecule has 0 amide bonds. The van der Waals surface area contributed by atoms with Gasteiger partial charge in [-0.3, -0.25) is 4.89 Å². The monoisotopic (exact) mass is 402 g/mol. The number of carbonyl (C=O) groups is 3. The van der Waals surface area contributed by atoms with Crippen molar-refractivity contribution >= 4 is 17.9 Å². The molecule has 0 heterocycles. The summed E-state index contributed by atoms with van der Waals surface area (Å²) < 4.78 is 15.3. The predicted molar refractivity (Wildman–Crippen MR) is 95.5 cm³/mol. The molecule has 158 valence electrons. The first-order valence-electron chi connectivity index (χ1n) is 8.14. The molecular weight excluding hydrogens is 376 g/mol. The fourth-order valence-corrected chi connectivity index (χ4v) is 1.55. The van der Waals surface area contributed by atoms with Gasteiger partial charge in [0.2, 0.25) is 0 Å². The van der Waals surface area contributed by atoms with E-state index >= 15 is 0 Å². The number of carbonyl (C=O) groups excluding carboxylic acids is 3. The van der Waals surface area contributed by atoms with Crippen molar-refractivity contribution in [3.8, 4) is 0 Å². The smallest absolute Gasteiger partial charge is 0.365 e. The Kier molecular flexibility index (Phi) is 12.4. The zero-order valence-electron chi connectivity index (χ0n) is 15.8. The van der Waals surface area contributed by atoms with Crippen LogP contribution in [0.15, 0.2) is 37.5 Å². The van der Waals surface area contributed by atoms with Crippen LogP contribution in [0.4, 0.5) is 0 Å². The summed E-state index contributed by atoms with van der Waals surface area (Å²) >= 11 is 0. The van der Waals surface area contributed by atoms with E-state index in [1.54, 1.807) is 0 Å². The van der Waals surface area contributed by atoms with Gasteiger partial charge in [0.05, 0.1) is 25.2 Å². The van der Waals surface area contributed by atoms with E-state index in [0.717, 1.165) is 12.2 Å². The van der Waals surface area contributed by atoms with Crippen molar-refractivity contribution in [1.82, 2.24) is 0 Å². The molecule has 2 N–H and O–H groups in total. The molecule has 10 heteroatoms. The number of esters is 2. The highest BCUT2D eigenvalue weighted by Crippen LogP contribution is 2.20. The standard InChI is InChI=1S/C18H26O10/c1-5-15(21)25-11-18(9-19,12-26-17(23)13(3)4)10-24-7-14(20)8-27-28-16(22)6-2/h5-6,14,19-20H,1-3,7-12H2,4H3. The molecule has 2 unspecified atom stereocenters. The highest BCUT2D eigenvalue weighted by atomic mass is 17.2. The van der Waals surface area contributed by atoms with Crippen LogP contribution in [0.3, 0.4) is 0 Å². The predicted octanol–water partition coefficient (Wildman–Crippen LogP) is -0.148. The highest BCUT2D eigenvalue weighted by molar-refractivity contribution is 5.87. The fraction of sp³-hybridized carbons (Fsp3) is 0.500. The average molecular weight is 402 g/mol. The van der Waals surface area contributed by atoms with Crippen LogP contribution in [0.5, 0.6) is 0 Å². The van der Waals surface area contributed by atoms with Crippen molar-refractivity contribution in [2.75, 3.05) is 39.6 Å². The number of hydrogen-bond donors (Lipinski definition) is 2. The number of ether oxygens (including phenoxy) is 3. The molecule has 28 heavy (non-hydrogen) atoms. The Morgan fingerprint density at radius 2 is 1.64 bits per heavy atom. The molecule has 0 radical (unpaired) electrons. The van der Waals surface area contributed by atoms with Gasteiger partial charge in [0.15, 0.2) is 0 Å². The molecule has 0 aromatic heterocycles. The summed E-state index contributed by atoms with van der Waals surface area (Å²) in [6.07, 6.45) is 0.659. The van der Waals surface area contributed by atoms with Crippen molar-refractivity contribution in [2.24, 2.45) is 5.41 Å². The average Bonchev–Trinajstić information content (AvgIpc) is 2.68. The van der Waals surface area contributed by atoms with Crippen LogP contribution in [0.25, 0.3) is 0 Å². The number of aliphatic hydroxyl groups is 2. The summed E-state index contributed by atoms with van der Waals surface area (Å²) in [5.41, 5.74) is -1.13. The van der Waals surface area contributed by atoms with Crippen LogP contribution in [-0.4, -0.2) is 73.9 Å². The zero-order valence-corrected chi connectivity index (χ0v) is 15.8. The Morgan fingerprint density at radius 3 is 2.18 bits per heavy atom. The van der Waals surface area contributed by atoms with Crippen LogP contribution in [0.2, 0.25) is 0 Å². The van der Waals surface area contributed by atoms with Crippen molar-refractivity contribution in [3.05, 3.63) is 37.5 Å². The summed E-state index contributed by atoms with van der Waals surface area (Å²) in [5, 5.41) is 19.5. The van der Waals surface area contributed by atoms with E-state index in [9.17, 15) is 24.6 Å². The molecule has 10 nitrogen and oxygen atoms in total. The van der Waals surface area contributed by atoms with Crippen LogP contribution in [0, 0.1) is 5.41 Å². The molecule has 0 aliphatic rings. The minimum atomic E-state index is -1.28. The van der Waals surface area contributed by atoms with Gasteiger partial charge in [0.25, 0.3) is 0 Å². The maximum absolute atomic E-state index is 11.6. The van der Waals surface area contributed by atoms with Crippen molar-refractivity contribution < 1.29 is 48.6 Å². The van der Waals surface area contributed by atoms with Crippen LogP contribution < -0.4 is 0 Å². The van der Waals surface area contributed by atoms with E-state index in [-0.39, 0.29) is 38.6 Å². The molecular formula is C18H26O10. The van der Waals surface area contributed by atoms with Crippen molar-refractivity contribution in [3.63, 3.8) is 0 Å². The van der Waals surface area contributed by atoms with Gasteiger partial charge in [-0.05, 0) is 6.92 Å². The molecule has 0 rings (SSSR count). The van der Waals surface area contributed by atoms with Gasteiger partial charge in [-0.2, -0.15) is 4.89 Å². The maximum atomic E-state index is 11.6. The first-order valence-corrected chi connectivity index (χ1v) is 8.14. The second-order valence-corrected chi connectivity index (χ2v) is 5.89. The largest absolute Gasteiger partial charge is 0.462 e. The third-order valence-corrected chi connectivity index (χ3v) is 3.17. The minimum Gasteiger partial charge on any atom is -0.462 e. The third kappa shape index (κ3) is 10.6. The molecule has 0 aromatic carbocycles. The van der Waals surface area contributed by atoms with Gasteiger partial charge in [0.1, 0.15) is 25.9 Å². The van der Waals surface area contributed by atoms with E-state index in [1.807, 2.05) is 0 Å². The summed E-state index contributed by atoms with van der Waals surface area (Å²) in [6.45, 7) is 9.24. The lowest BCUT2D eigenvalue weighted by molar-refractivity contribution is -0.279. The minimum absolute atomic E-state index is 0.150. The summed E-state index contributed by atoms with van der Waals surface area (Å²) in [7, 11) is 0. The van der Waals surface area contributed by atoms with Gasteiger partial charge >= 0.3 is 17.9 Å². The van der Waals surface area contributed by atoms with E-state index in [1.165, 1.54) is 6.92 Å². The van der Waals surface area contributed by atoms with Crippen molar-refractivity contribution in [1.29, 1.82) is 0 Å².